The number of thioether (sulfide) groups is 1. The molecule has 1 N–H and O–H groups in total. The SMILES string of the molecule is CC1N=C(c2ccc([N+](=O)[O-])cc2)C(C(=O)Nc2ccccc2)S1. The number of benzene rings is 2. The van der Waals surface area contributed by atoms with Gasteiger partial charge in [0.05, 0.1) is 16.0 Å². The molecule has 0 fully saturated rings. The van der Waals surface area contributed by atoms with Gasteiger partial charge in [0.2, 0.25) is 5.91 Å². The van der Waals surface area contributed by atoms with Gasteiger partial charge in [0.1, 0.15) is 5.25 Å². The molecule has 2 aromatic rings. The van der Waals surface area contributed by atoms with Crippen molar-refractivity contribution >= 4 is 34.8 Å². The molecule has 2 unspecified atom stereocenters. The summed E-state index contributed by atoms with van der Waals surface area (Å²) >= 11 is 1.46. The molecule has 6 nitrogen and oxygen atoms in total. The summed E-state index contributed by atoms with van der Waals surface area (Å²) in [4.78, 5) is 27.4. The minimum absolute atomic E-state index is 0.0170. The van der Waals surface area contributed by atoms with Crippen LogP contribution in [0.3, 0.4) is 0 Å². The Kier molecular flexibility index (Phi) is 4.61. The molecule has 7 heteroatoms. The molecule has 0 saturated heterocycles. The average molecular weight is 341 g/mol. The maximum atomic E-state index is 12.6. The smallest absolute Gasteiger partial charge is 0.269 e. The normalized spacial score (nSPS) is 19.6. The van der Waals surface area contributed by atoms with Gasteiger partial charge in [-0.05, 0) is 36.8 Å². The Hall–Kier alpha value is -2.67. The van der Waals surface area contributed by atoms with E-state index in [4.69, 9.17) is 0 Å². The largest absolute Gasteiger partial charge is 0.325 e. The third kappa shape index (κ3) is 3.46. The van der Waals surface area contributed by atoms with Crippen LogP contribution in [0.1, 0.15) is 12.5 Å². The zero-order valence-electron chi connectivity index (χ0n) is 12.9. The van der Waals surface area contributed by atoms with Crippen LogP contribution in [0.5, 0.6) is 0 Å². The van der Waals surface area contributed by atoms with Crippen LogP contribution in [-0.2, 0) is 4.79 Å². The Balaban J connectivity index is 1.82. The number of hydrogen-bond donors (Lipinski definition) is 1. The average Bonchev–Trinajstić information content (AvgIpc) is 2.98. The molecule has 0 bridgehead atoms. The number of amides is 1. The minimum atomic E-state index is -0.447. The fourth-order valence-electron chi connectivity index (χ4n) is 2.45. The number of nitrogens with zero attached hydrogens (tertiary/aromatic N) is 2. The lowest BCUT2D eigenvalue weighted by Crippen LogP contribution is -2.31. The molecule has 0 aliphatic carbocycles. The fraction of sp³-hybridized carbons (Fsp3) is 0.176. The van der Waals surface area contributed by atoms with Crippen molar-refractivity contribution in [3.8, 4) is 0 Å². The zero-order chi connectivity index (χ0) is 17.1. The third-order valence-corrected chi connectivity index (χ3v) is 4.76. The maximum absolute atomic E-state index is 12.6. The Morgan fingerprint density at radius 3 is 2.46 bits per heavy atom. The lowest BCUT2D eigenvalue weighted by Gasteiger charge is -2.13. The van der Waals surface area contributed by atoms with Gasteiger partial charge in [-0.1, -0.05) is 18.2 Å². The van der Waals surface area contributed by atoms with Crippen LogP contribution in [0.2, 0.25) is 0 Å². The van der Waals surface area contributed by atoms with Gasteiger partial charge in [-0.25, -0.2) is 0 Å². The highest BCUT2D eigenvalue weighted by molar-refractivity contribution is 8.02. The van der Waals surface area contributed by atoms with Gasteiger partial charge in [-0.3, -0.25) is 19.9 Å². The predicted octanol–water partition coefficient (Wildman–Crippen LogP) is 3.48. The quantitative estimate of drug-likeness (QED) is 0.681. The number of non-ortho nitro benzene ring substituents is 1. The number of carbonyl (C=O) groups is 1. The Bertz CT molecular complexity index is 790. The summed E-state index contributed by atoms with van der Waals surface area (Å²) in [6.45, 7) is 1.92. The van der Waals surface area contributed by atoms with Gasteiger partial charge in [0.15, 0.2) is 0 Å². The van der Waals surface area contributed by atoms with Crippen LogP contribution in [0.4, 0.5) is 11.4 Å². The lowest BCUT2D eigenvalue weighted by atomic mass is 10.1. The third-order valence-electron chi connectivity index (χ3n) is 3.56. The molecule has 1 aliphatic heterocycles. The van der Waals surface area contributed by atoms with Gasteiger partial charge in [0.25, 0.3) is 5.69 Å². The van der Waals surface area contributed by atoms with Crippen molar-refractivity contribution in [2.45, 2.75) is 17.5 Å². The van der Waals surface area contributed by atoms with Crippen molar-refractivity contribution in [2.75, 3.05) is 5.32 Å². The van der Waals surface area contributed by atoms with E-state index in [0.717, 1.165) is 11.3 Å². The van der Waals surface area contributed by atoms with Crippen molar-refractivity contribution in [3.05, 3.63) is 70.3 Å². The summed E-state index contributed by atoms with van der Waals surface area (Å²) in [7, 11) is 0. The minimum Gasteiger partial charge on any atom is -0.325 e. The monoisotopic (exact) mass is 341 g/mol. The van der Waals surface area contributed by atoms with E-state index >= 15 is 0 Å². The molecule has 0 aromatic heterocycles. The molecule has 0 radical (unpaired) electrons. The molecule has 1 aliphatic rings. The molecule has 2 aromatic carbocycles. The molecular formula is C17H15N3O3S. The van der Waals surface area contributed by atoms with Crippen molar-refractivity contribution in [1.82, 2.24) is 0 Å². The highest BCUT2D eigenvalue weighted by atomic mass is 32.2. The molecule has 2 atom stereocenters. The summed E-state index contributed by atoms with van der Waals surface area (Å²) < 4.78 is 0. The summed E-state index contributed by atoms with van der Waals surface area (Å²) in [5.41, 5.74) is 2.12. The van der Waals surface area contributed by atoms with E-state index in [-0.39, 0.29) is 17.0 Å². The van der Waals surface area contributed by atoms with Crippen molar-refractivity contribution < 1.29 is 9.72 Å². The first-order chi connectivity index (χ1) is 11.5. The number of anilines is 1. The van der Waals surface area contributed by atoms with Gasteiger partial charge < -0.3 is 5.32 Å². The van der Waals surface area contributed by atoms with Gasteiger partial charge in [0, 0.05) is 17.8 Å². The molecule has 1 amide bonds. The number of hydrogen-bond acceptors (Lipinski definition) is 5. The van der Waals surface area contributed by atoms with E-state index in [1.54, 1.807) is 12.1 Å². The first-order valence-corrected chi connectivity index (χ1v) is 8.33. The Labute approximate surface area is 143 Å². The highest BCUT2D eigenvalue weighted by Gasteiger charge is 2.33. The topological polar surface area (TPSA) is 84.6 Å². The zero-order valence-corrected chi connectivity index (χ0v) is 13.7. The van der Waals surface area contributed by atoms with Crippen molar-refractivity contribution in [3.63, 3.8) is 0 Å². The second kappa shape index (κ2) is 6.84. The van der Waals surface area contributed by atoms with E-state index in [0.29, 0.717) is 5.71 Å². The first-order valence-electron chi connectivity index (χ1n) is 7.38. The molecule has 1 heterocycles. The standard InChI is InChI=1S/C17H15N3O3S/c1-11-18-15(12-7-9-14(10-8-12)20(22)23)16(24-11)17(21)19-13-5-3-2-4-6-13/h2-11,16H,1H3,(H,19,21). The molecule has 0 spiro atoms. The number of aliphatic imine (C=N–C) groups is 1. The predicted molar refractivity (Wildman–Crippen MR) is 95.5 cm³/mol. The number of para-hydroxylation sites is 1. The van der Waals surface area contributed by atoms with Gasteiger partial charge >= 0.3 is 0 Å². The molecule has 24 heavy (non-hydrogen) atoms. The number of rotatable bonds is 4. The summed E-state index contributed by atoms with van der Waals surface area (Å²) in [6, 6.07) is 15.4. The maximum Gasteiger partial charge on any atom is 0.269 e. The number of nitro benzene ring substituents is 1. The summed E-state index contributed by atoms with van der Waals surface area (Å²) in [5, 5.41) is 13.2. The van der Waals surface area contributed by atoms with Crippen LogP contribution >= 0.6 is 11.8 Å². The van der Waals surface area contributed by atoms with Crippen LogP contribution in [0.25, 0.3) is 0 Å². The second-order valence-electron chi connectivity index (χ2n) is 5.29. The fourth-order valence-corrected chi connectivity index (χ4v) is 3.53. The Morgan fingerprint density at radius 2 is 1.83 bits per heavy atom. The van der Waals surface area contributed by atoms with Crippen LogP contribution < -0.4 is 5.32 Å². The first kappa shape index (κ1) is 16.2. The van der Waals surface area contributed by atoms with E-state index < -0.39 is 10.2 Å². The summed E-state index contributed by atoms with van der Waals surface area (Å²) in [5.74, 6) is -0.146. The van der Waals surface area contributed by atoms with Crippen LogP contribution in [0, 0.1) is 10.1 Å². The van der Waals surface area contributed by atoms with Gasteiger partial charge in [-0.2, -0.15) is 0 Å². The number of carbonyl (C=O) groups excluding carboxylic acids is 1. The lowest BCUT2D eigenvalue weighted by molar-refractivity contribution is -0.384. The number of nitro groups is 1. The summed E-state index contributed by atoms with van der Waals surface area (Å²) in [6.07, 6.45) is 0. The van der Waals surface area contributed by atoms with E-state index in [9.17, 15) is 14.9 Å². The Morgan fingerprint density at radius 1 is 1.17 bits per heavy atom. The van der Waals surface area contributed by atoms with Crippen LogP contribution in [0.15, 0.2) is 59.6 Å². The molecular weight excluding hydrogens is 326 g/mol. The van der Waals surface area contributed by atoms with Crippen LogP contribution in [-0.4, -0.2) is 27.2 Å². The van der Waals surface area contributed by atoms with Crippen molar-refractivity contribution in [2.24, 2.45) is 4.99 Å². The second-order valence-corrected chi connectivity index (χ2v) is 6.71. The van der Waals surface area contributed by atoms with Crippen molar-refractivity contribution in [1.29, 1.82) is 0 Å². The number of nitrogens with one attached hydrogen (secondary N) is 1. The van der Waals surface area contributed by atoms with Gasteiger partial charge in [-0.15, -0.1) is 11.8 Å². The van der Waals surface area contributed by atoms with E-state index in [1.807, 2.05) is 37.3 Å². The van der Waals surface area contributed by atoms with E-state index in [1.165, 1.54) is 23.9 Å². The molecule has 3 rings (SSSR count). The van der Waals surface area contributed by atoms with E-state index in [2.05, 4.69) is 10.3 Å². The molecule has 0 saturated carbocycles. The highest BCUT2D eigenvalue weighted by Crippen LogP contribution is 2.32. The molecule has 122 valence electrons.